The first-order chi connectivity index (χ1) is 15.6. The fraction of sp³-hybridized carbons (Fsp3) is 0.545. The molecular formula is C22H28N4O6S. The molecule has 2 aromatic rings. The van der Waals surface area contributed by atoms with Gasteiger partial charge in [0.25, 0.3) is 10.0 Å². The van der Waals surface area contributed by atoms with Gasteiger partial charge in [-0.15, -0.1) is 0 Å². The van der Waals surface area contributed by atoms with E-state index in [0.29, 0.717) is 31.4 Å². The highest BCUT2D eigenvalue weighted by molar-refractivity contribution is 7.89. The number of aryl methyl sites for hydroxylation is 1. The number of nitrogens with one attached hydrogen (secondary N) is 1. The van der Waals surface area contributed by atoms with Crippen LogP contribution in [0, 0.1) is 6.92 Å². The summed E-state index contributed by atoms with van der Waals surface area (Å²) in [6.07, 6.45) is 1.04. The van der Waals surface area contributed by atoms with Gasteiger partial charge in [0.15, 0.2) is 5.72 Å². The fourth-order valence-electron chi connectivity index (χ4n) is 5.25. The molecule has 5 rings (SSSR count). The van der Waals surface area contributed by atoms with Gasteiger partial charge in [0.2, 0.25) is 11.8 Å². The van der Waals surface area contributed by atoms with E-state index in [1.807, 2.05) is 25.1 Å². The average molecular weight is 477 g/mol. The number of aliphatic hydroxyl groups is 1. The van der Waals surface area contributed by atoms with Gasteiger partial charge in [-0.25, -0.2) is 8.42 Å². The molecule has 33 heavy (non-hydrogen) atoms. The van der Waals surface area contributed by atoms with Gasteiger partial charge >= 0.3 is 0 Å². The summed E-state index contributed by atoms with van der Waals surface area (Å²) in [7, 11) is -4.03. The number of aromatic nitrogens is 1. The number of H-pyrrole nitrogens is 1. The first-order valence-corrected chi connectivity index (χ1v) is 12.5. The Hall–Kier alpha value is -2.47. The number of hydrogen-bond donors (Lipinski definition) is 2. The largest absolute Gasteiger partial charge is 0.391 e. The minimum Gasteiger partial charge on any atom is -0.391 e. The van der Waals surface area contributed by atoms with Crippen LogP contribution in [0.15, 0.2) is 29.3 Å². The van der Waals surface area contributed by atoms with Crippen molar-refractivity contribution in [2.75, 3.05) is 39.3 Å². The van der Waals surface area contributed by atoms with Gasteiger partial charge < -0.3 is 24.6 Å². The van der Waals surface area contributed by atoms with E-state index in [9.17, 15) is 23.1 Å². The molecule has 0 aliphatic carbocycles. The van der Waals surface area contributed by atoms with E-state index < -0.39 is 33.9 Å². The van der Waals surface area contributed by atoms with Crippen LogP contribution in [0.4, 0.5) is 0 Å². The molecular weight excluding hydrogens is 448 g/mol. The molecule has 1 spiro atoms. The Balaban J connectivity index is 1.43. The number of fused-ring (bicyclic) bond motifs is 2. The van der Waals surface area contributed by atoms with Crippen LogP contribution in [0.1, 0.15) is 25.3 Å². The first kappa shape index (κ1) is 22.3. The number of hydrogen-bond acceptors (Lipinski definition) is 6. The van der Waals surface area contributed by atoms with E-state index >= 15 is 0 Å². The van der Waals surface area contributed by atoms with Crippen LogP contribution >= 0.6 is 0 Å². The number of nitrogens with zero attached hydrogens (tertiary/aromatic N) is 3. The third kappa shape index (κ3) is 3.54. The maximum atomic E-state index is 13.5. The Kier molecular flexibility index (Phi) is 5.09. The molecule has 2 amide bonds. The number of piperidine rings is 1. The third-order valence-electron chi connectivity index (χ3n) is 7.12. The van der Waals surface area contributed by atoms with Gasteiger partial charge in [-0.3, -0.25) is 9.59 Å². The van der Waals surface area contributed by atoms with E-state index in [1.165, 1.54) is 11.8 Å². The van der Waals surface area contributed by atoms with Crippen LogP contribution in [-0.2, 0) is 24.3 Å². The first-order valence-electron chi connectivity index (χ1n) is 11.0. The number of benzene rings is 1. The summed E-state index contributed by atoms with van der Waals surface area (Å²) in [6, 6.07) is 7.16. The van der Waals surface area contributed by atoms with Gasteiger partial charge in [-0.2, -0.15) is 4.31 Å². The summed E-state index contributed by atoms with van der Waals surface area (Å²) in [4.78, 5) is 31.0. The number of carbonyl (C=O) groups excluding carboxylic acids is 2. The highest BCUT2D eigenvalue weighted by Gasteiger charge is 2.60. The van der Waals surface area contributed by atoms with Crippen molar-refractivity contribution in [1.82, 2.24) is 19.1 Å². The molecule has 1 unspecified atom stereocenters. The summed E-state index contributed by atoms with van der Waals surface area (Å²) in [5.41, 5.74) is -0.449. The van der Waals surface area contributed by atoms with Crippen molar-refractivity contribution >= 4 is 32.7 Å². The molecule has 4 heterocycles. The zero-order chi connectivity index (χ0) is 23.6. The lowest BCUT2D eigenvalue weighted by molar-refractivity contribution is -0.194. The summed E-state index contributed by atoms with van der Waals surface area (Å²) in [5.74, 6) is -0.420. The molecule has 11 heteroatoms. The highest BCUT2D eigenvalue weighted by atomic mass is 32.2. The van der Waals surface area contributed by atoms with Crippen LogP contribution in [0.2, 0.25) is 0 Å². The second kappa shape index (κ2) is 7.52. The molecule has 2 N–H and O–H groups in total. The molecule has 1 aromatic carbocycles. The van der Waals surface area contributed by atoms with E-state index in [0.717, 1.165) is 15.3 Å². The van der Waals surface area contributed by atoms with Crippen LogP contribution < -0.4 is 0 Å². The Morgan fingerprint density at radius 3 is 2.61 bits per heavy atom. The molecule has 3 saturated heterocycles. The predicted molar refractivity (Wildman–Crippen MR) is 119 cm³/mol. The molecule has 1 aromatic heterocycles. The summed E-state index contributed by atoms with van der Waals surface area (Å²) in [5, 5.41) is 11.1. The Morgan fingerprint density at radius 1 is 1.21 bits per heavy atom. The van der Waals surface area contributed by atoms with Gasteiger partial charge in [0.05, 0.1) is 31.8 Å². The molecule has 0 radical (unpaired) electrons. The Bertz CT molecular complexity index is 1230. The molecule has 0 saturated carbocycles. The van der Waals surface area contributed by atoms with Crippen molar-refractivity contribution in [2.24, 2.45) is 0 Å². The van der Waals surface area contributed by atoms with Crippen molar-refractivity contribution in [3.63, 3.8) is 0 Å². The van der Waals surface area contributed by atoms with Crippen LogP contribution in [-0.4, -0.2) is 95.1 Å². The molecule has 3 aliphatic heterocycles. The number of ether oxygens (including phenoxy) is 1. The maximum absolute atomic E-state index is 13.5. The van der Waals surface area contributed by atoms with Crippen molar-refractivity contribution in [2.45, 2.75) is 43.0 Å². The maximum Gasteiger partial charge on any atom is 0.259 e. The lowest BCUT2D eigenvalue weighted by Crippen LogP contribution is -2.65. The number of aromatic amines is 1. The zero-order valence-corrected chi connectivity index (χ0v) is 19.5. The number of carbonyl (C=O) groups is 2. The smallest absolute Gasteiger partial charge is 0.259 e. The summed E-state index contributed by atoms with van der Waals surface area (Å²) >= 11 is 0. The quantitative estimate of drug-likeness (QED) is 0.662. The standard InChI is InChI=1S/C22H28N4O6S/c1-15-3-4-18-17(9-15)10-19(23-18)33(30,31)25-11-20(29)26-12-21(32-22(26,13-25)14-27)5-7-24(8-6-21)16(2)28/h3-4,9-10,23,27H,5-8,11-14H2,1-2H3. The van der Waals surface area contributed by atoms with E-state index in [2.05, 4.69) is 4.98 Å². The predicted octanol–water partition coefficient (Wildman–Crippen LogP) is 0.409. The number of aliphatic hydroxyl groups excluding tert-OH is 1. The second-order valence-corrected chi connectivity index (χ2v) is 11.3. The Labute approximate surface area is 192 Å². The fourth-order valence-corrected chi connectivity index (χ4v) is 6.70. The third-order valence-corrected chi connectivity index (χ3v) is 8.83. The van der Waals surface area contributed by atoms with E-state index in [4.69, 9.17) is 4.74 Å². The van der Waals surface area contributed by atoms with Crippen LogP contribution in [0.5, 0.6) is 0 Å². The van der Waals surface area contributed by atoms with Crippen molar-refractivity contribution in [3.8, 4) is 0 Å². The molecule has 3 fully saturated rings. The van der Waals surface area contributed by atoms with Crippen molar-refractivity contribution in [1.29, 1.82) is 0 Å². The van der Waals surface area contributed by atoms with E-state index in [1.54, 1.807) is 11.0 Å². The minimum absolute atomic E-state index is 0.0000774. The number of rotatable bonds is 3. The molecule has 3 aliphatic rings. The number of sulfonamides is 1. The summed E-state index contributed by atoms with van der Waals surface area (Å²) in [6.45, 7) is 3.71. The van der Waals surface area contributed by atoms with Gasteiger partial charge in [-0.05, 0) is 38.0 Å². The topological polar surface area (TPSA) is 123 Å². The second-order valence-electron chi connectivity index (χ2n) is 9.37. The van der Waals surface area contributed by atoms with Crippen LogP contribution in [0.3, 0.4) is 0 Å². The van der Waals surface area contributed by atoms with E-state index in [-0.39, 0.29) is 30.6 Å². The molecule has 0 bridgehead atoms. The number of likely N-dealkylation sites (tertiary alicyclic amines) is 1. The van der Waals surface area contributed by atoms with Crippen molar-refractivity contribution < 1.29 is 27.9 Å². The van der Waals surface area contributed by atoms with Crippen LogP contribution in [0.25, 0.3) is 10.9 Å². The molecule has 10 nitrogen and oxygen atoms in total. The highest BCUT2D eigenvalue weighted by Crippen LogP contribution is 2.43. The SMILES string of the molecule is CC(=O)N1CCC2(CC1)CN1C(=O)CN(S(=O)(=O)c3cc4cc(C)ccc4[nH]3)CC1(CO)O2. The van der Waals surface area contributed by atoms with Gasteiger partial charge in [-0.1, -0.05) is 11.6 Å². The summed E-state index contributed by atoms with van der Waals surface area (Å²) < 4.78 is 34.4. The average Bonchev–Trinajstić information content (AvgIpc) is 3.34. The monoisotopic (exact) mass is 476 g/mol. The van der Waals surface area contributed by atoms with Gasteiger partial charge in [0, 0.05) is 30.9 Å². The molecule has 178 valence electrons. The minimum atomic E-state index is -4.03. The zero-order valence-electron chi connectivity index (χ0n) is 18.7. The molecule has 1 atom stereocenters. The number of amides is 2. The Morgan fingerprint density at radius 2 is 1.94 bits per heavy atom. The van der Waals surface area contributed by atoms with Crippen molar-refractivity contribution in [3.05, 3.63) is 29.8 Å². The lowest BCUT2D eigenvalue weighted by atomic mass is 9.91. The van der Waals surface area contributed by atoms with Gasteiger partial charge in [0.1, 0.15) is 5.03 Å². The lowest BCUT2D eigenvalue weighted by Gasteiger charge is -2.43. The number of piperazine rings is 1. The normalized spacial score (nSPS) is 25.7.